The minimum absolute atomic E-state index is 0.219. The van der Waals surface area contributed by atoms with Gasteiger partial charge in [-0.2, -0.15) is 10.4 Å². The van der Waals surface area contributed by atoms with Gasteiger partial charge in [0.2, 0.25) is 0 Å². The summed E-state index contributed by atoms with van der Waals surface area (Å²) < 4.78 is 7.77. The maximum Gasteiger partial charge on any atom is 0.158 e. The van der Waals surface area contributed by atoms with Crippen molar-refractivity contribution in [1.29, 1.82) is 5.26 Å². The largest absolute Gasteiger partial charge is 0.493 e. The first-order valence-electron chi connectivity index (χ1n) is 4.33. The molecule has 0 atom stereocenters. The van der Waals surface area contributed by atoms with E-state index in [0.29, 0.717) is 5.75 Å². The molecule has 1 aromatic heterocycles. The molecule has 1 heterocycles. The Morgan fingerprint density at radius 2 is 2.40 bits per heavy atom. The topological polar surface area (TPSA) is 50.8 Å². The van der Waals surface area contributed by atoms with Crippen LogP contribution in [0.4, 0.5) is 0 Å². The number of aromatic nitrogens is 2. The second kappa shape index (κ2) is 3.91. The smallest absolute Gasteiger partial charge is 0.158 e. The third-order valence-corrected chi connectivity index (χ3v) is 2.76. The second-order valence-corrected chi connectivity index (χ2v) is 3.83. The van der Waals surface area contributed by atoms with Gasteiger partial charge in [0, 0.05) is 5.39 Å². The van der Waals surface area contributed by atoms with Gasteiger partial charge in [-0.3, -0.25) is 0 Å². The minimum atomic E-state index is 0.219. The average Bonchev–Trinajstić information content (AvgIpc) is 2.63. The van der Waals surface area contributed by atoms with Crippen LogP contribution < -0.4 is 4.74 Å². The van der Waals surface area contributed by atoms with Crippen molar-refractivity contribution in [1.82, 2.24) is 9.78 Å². The zero-order valence-electron chi connectivity index (χ0n) is 8.07. The molecule has 0 fully saturated rings. The first-order chi connectivity index (χ1) is 7.27. The normalized spacial score (nSPS) is 10.2. The lowest BCUT2D eigenvalue weighted by Gasteiger charge is -2.06. The summed E-state index contributed by atoms with van der Waals surface area (Å²) in [5, 5.41) is 13.8. The van der Waals surface area contributed by atoms with E-state index in [9.17, 15) is 0 Å². The van der Waals surface area contributed by atoms with Gasteiger partial charge < -0.3 is 4.74 Å². The molecule has 0 spiro atoms. The van der Waals surface area contributed by atoms with E-state index < -0.39 is 0 Å². The number of hydrogen-bond donors (Lipinski definition) is 0. The second-order valence-electron chi connectivity index (χ2n) is 2.98. The maximum atomic E-state index is 8.67. The van der Waals surface area contributed by atoms with Gasteiger partial charge in [-0.1, -0.05) is 0 Å². The predicted molar refractivity (Wildman–Crippen MR) is 59.6 cm³/mol. The molecule has 0 saturated carbocycles. The van der Waals surface area contributed by atoms with E-state index in [1.165, 1.54) is 0 Å². The standard InChI is InChI=1S/C10H8BrN3O/c1-15-10-8(11)3-2-7-6-13-14(5-4-12)9(7)10/h2-3,6H,5H2,1H3. The molecule has 0 saturated heterocycles. The van der Waals surface area contributed by atoms with Gasteiger partial charge >= 0.3 is 0 Å². The summed E-state index contributed by atoms with van der Waals surface area (Å²) in [5.74, 6) is 0.709. The van der Waals surface area contributed by atoms with Crippen molar-refractivity contribution in [2.24, 2.45) is 0 Å². The summed E-state index contributed by atoms with van der Waals surface area (Å²) in [4.78, 5) is 0. The third-order valence-electron chi connectivity index (χ3n) is 2.13. The molecule has 0 aliphatic carbocycles. The van der Waals surface area contributed by atoms with Crippen LogP contribution in [0.25, 0.3) is 10.9 Å². The van der Waals surface area contributed by atoms with Crippen molar-refractivity contribution < 1.29 is 4.74 Å². The van der Waals surface area contributed by atoms with Gasteiger partial charge in [0.1, 0.15) is 12.1 Å². The molecular formula is C10H8BrN3O. The van der Waals surface area contributed by atoms with Crippen molar-refractivity contribution in [3.63, 3.8) is 0 Å². The number of nitriles is 1. The first-order valence-corrected chi connectivity index (χ1v) is 5.12. The van der Waals surface area contributed by atoms with Crippen LogP contribution in [-0.4, -0.2) is 16.9 Å². The van der Waals surface area contributed by atoms with Crippen LogP contribution in [0.5, 0.6) is 5.75 Å². The van der Waals surface area contributed by atoms with E-state index in [1.54, 1.807) is 18.0 Å². The highest BCUT2D eigenvalue weighted by molar-refractivity contribution is 9.10. The van der Waals surface area contributed by atoms with Gasteiger partial charge in [0.15, 0.2) is 5.75 Å². The highest BCUT2D eigenvalue weighted by Gasteiger charge is 2.11. The molecule has 76 valence electrons. The third kappa shape index (κ3) is 1.57. The van der Waals surface area contributed by atoms with Crippen molar-refractivity contribution >= 4 is 26.8 Å². The number of fused-ring (bicyclic) bond motifs is 1. The molecule has 0 unspecified atom stereocenters. The Morgan fingerprint density at radius 3 is 3.07 bits per heavy atom. The number of nitrogens with zero attached hydrogens (tertiary/aromatic N) is 3. The number of rotatable bonds is 2. The lowest BCUT2D eigenvalue weighted by atomic mass is 10.2. The van der Waals surface area contributed by atoms with Crippen LogP contribution in [0.2, 0.25) is 0 Å². The monoisotopic (exact) mass is 265 g/mol. The fraction of sp³-hybridized carbons (Fsp3) is 0.200. The molecule has 0 bridgehead atoms. The van der Waals surface area contributed by atoms with Gasteiger partial charge in [-0.15, -0.1) is 0 Å². The Labute approximate surface area is 95.2 Å². The highest BCUT2D eigenvalue weighted by atomic mass is 79.9. The lowest BCUT2D eigenvalue weighted by Crippen LogP contribution is -1.99. The number of methoxy groups -OCH3 is 1. The van der Waals surface area contributed by atoms with E-state index >= 15 is 0 Å². The Kier molecular flexibility index (Phi) is 2.60. The van der Waals surface area contributed by atoms with Crippen molar-refractivity contribution in [3.8, 4) is 11.8 Å². The van der Waals surface area contributed by atoms with Crippen LogP contribution in [0.3, 0.4) is 0 Å². The summed E-state index contributed by atoms with van der Waals surface area (Å²) in [6.07, 6.45) is 1.72. The zero-order chi connectivity index (χ0) is 10.8. The first kappa shape index (κ1) is 9.99. The number of hydrogen-bond acceptors (Lipinski definition) is 3. The molecule has 0 N–H and O–H groups in total. The van der Waals surface area contributed by atoms with E-state index in [4.69, 9.17) is 10.00 Å². The molecule has 0 radical (unpaired) electrons. The summed E-state index contributed by atoms with van der Waals surface area (Å²) in [6, 6.07) is 5.90. The molecular weight excluding hydrogens is 258 g/mol. The highest BCUT2D eigenvalue weighted by Crippen LogP contribution is 2.33. The summed E-state index contributed by atoms with van der Waals surface area (Å²) in [5.41, 5.74) is 0.841. The molecule has 2 aromatic rings. The van der Waals surface area contributed by atoms with E-state index in [-0.39, 0.29) is 6.54 Å². The predicted octanol–water partition coefficient (Wildman–Crippen LogP) is 2.33. The van der Waals surface area contributed by atoms with Crippen LogP contribution in [0.15, 0.2) is 22.8 Å². The summed E-state index contributed by atoms with van der Waals surface area (Å²) in [6.45, 7) is 0.219. The molecule has 4 nitrogen and oxygen atoms in total. The fourth-order valence-electron chi connectivity index (χ4n) is 1.50. The lowest BCUT2D eigenvalue weighted by molar-refractivity contribution is 0.414. The molecule has 0 aliphatic heterocycles. The molecule has 1 aromatic carbocycles. The number of halogens is 1. The van der Waals surface area contributed by atoms with Gasteiger partial charge in [0.25, 0.3) is 0 Å². The quantitative estimate of drug-likeness (QED) is 0.838. The Bertz CT molecular complexity index is 541. The van der Waals surface area contributed by atoms with Gasteiger partial charge in [0.05, 0.1) is 23.8 Å². The zero-order valence-corrected chi connectivity index (χ0v) is 9.65. The number of benzene rings is 1. The molecule has 2 rings (SSSR count). The van der Waals surface area contributed by atoms with Crippen LogP contribution >= 0.6 is 15.9 Å². The molecule has 0 aliphatic rings. The van der Waals surface area contributed by atoms with Crippen LogP contribution in [-0.2, 0) is 6.54 Å². The Balaban J connectivity index is 2.76. The summed E-state index contributed by atoms with van der Waals surface area (Å²) >= 11 is 3.40. The van der Waals surface area contributed by atoms with Crippen molar-refractivity contribution in [3.05, 3.63) is 22.8 Å². The average molecular weight is 266 g/mol. The SMILES string of the molecule is COc1c(Br)ccc2cnn(CC#N)c12. The van der Waals surface area contributed by atoms with Crippen molar-refractivity contribution in [2.75, 3.05) is 7.11 Å². The van der Waals surface area contributed by atoms with E-state index in [2.05, 4.69) is 27.1 Å². The summed E-state index contributed by atoms with van der Waals surface area (Å²) in [7, 11) is 1.60. The van der Waals surface area contributed by atoms with Gasteiger partial charge in [-0.25, -0.2) is 4.68 Å². The van der Waals surface area contributed by atoms with Crippen LogP contribution in [0.1, 0.15) is 0 Å². The molecule has 5 heteroatoms. The van der Waals surface area contributed by atoms with Crippen LogP contribution in [0, 0.1) is 11.3 Å². The Hall–Kier alpha value is -1.54. The minimum Gasteiger partial charge on any atom is -0.493 e. The van der Waals surface area contributed by atoms with E-state index in [1.807, 2.05) is 12.1 Å². The fourth-order valence-corrected chi connectivity index (χ4v) is 1.98. The van der Waals surface area contributed by atoms with E-state index in [0.717, 1.165) is 15.4 Å². The maximum absolute atomic E-state index is 8.67. The van der Waals surface area contributed by atoms with Crippen molar-refractivity contribution in [2.45, 2.75) is 6.54 Å². The Morgan fingerprint density at radius 1 is 1.60 bits per heavy atom. The molecule has 0 amide bonds. The molecule has 15 heavy (non-hydrogen) atoms. The number of ether oxygens (including phenoxy) is 1. The van der Waals surface area contributed by atoms with Gasteiger partial charge in [-0.05, 0) is 28.1 Å².